The Bertz CT molecular complexity index is 1570. The van der Waals surface area contributed by atoms with Crippen molar-refractivity contribution in [1.29, 1.82) is 0 Å². The number of benzene rings is 2. The van der Waals surface area contributed by atoms with Crippen LogP contribution in [0.25, 0.3) is 21.9 Å². The summed E-state index contributed by atoms with van der Waals surface area (Å²) < 4.78 is 10.5. The van der Waals surface area contributed by atoms with Crippen molar-refractivity contribution in [2.45, 2.75) is 76.9 Å². The molecule has 9 heteroatoms. The first-order valence-corrected chi connectivity index (χ1v) is 16.2. The summed E-state index contributed by atoms with van der Waals surface area (Å²) in [6, 6.07) is 18.0. The Kier molecular flexibility index (Phi) is 11.7. The quantitative estimate of drug-likeness (QED) is 0.232. The lowest BCUT2D eigenvalue weighted by Gasteiger charge is -2.56. The van der Waals surface area contributed by atoms with Crippen molar-refractivity contribution in [3.8, 4) is 0 Å². The van der Waals surface area contributed by atoms with Crippen LogP contribution in [0.4, 0.5) is 0 Å². The smallest absolute Gasteiger partial charge is 0.373 e. The number of furan rings is 2. The van der Waals surface area contributed by atoms with Crippen molar-refractivity contribution >= 4 is 46.3 Å². The molecule has 0 radical (unpaired) electrons. The third kappa shape index (κ3) is 7.48. The van der Waals surface area contributed by atoms with Crippen LogP contribution in [-0.2, 0) is 9.59 Å². The normalized spacial score (nSPS) is 27.8. The maximum absolute atomic E-state index is 12.8. The van der Waals surface area contributed by atoms with Crippen LogP contribution < -0.4 is 5.73 Å². The first-order valence-electron chi connectivity index (χ1n) is 16.2. The zero-order valence-electron chi connectivity index (χ0n) is 27.4. The SMILES string of the molecule is CC1(C)[C@H](CC(=O)c2ccc3occc3c2)C2CCN1CC2.CC1(C)[C@H](N)C2CCN1CC2.Cl.O=C=O.c1ccc2occc2c1. The van der Waals surface area contributed by atoms with Gasteiger partial charge in [0.05, 0.1) is 12.5 Å². The molecule has 10 rings (SSSR count). The van der Waals surface area contributed by atoms with E-state index in [9.17, 15) is 4.79 Å². The number of halogens is 1. The number of carbonyl (C=O) groups is 1. The van der Waals surface area contributed by atoms with Gasteiger partial charge < -0.3 is 14.6 Å². The van der Waals surface area contributed by atoms with E-state index in [0.717, 1.165) is 33.4 Å². The van der Waals surface area contributed by atoms with Crippen LogP contribution in [0, 0.1) is 17.8 Å². The van der Waals surface area contributed by atoms with Crippen LogP contribution in [0.15, 0.2) is 76.0 Å². The van der Waals surface area contributed by atoms with E-state index >= 15 is 0 Å². The largest absolute Gasteiger partial charge is 0.464 e. The second kappa shape index (κ2) is 15.1. The molecule has 4 bridgehead atoms. The number of hydrogen-bond acceptors (Lipinski definition) is 8. The van der Waals surface area contributed by atoms with E-state index in [4.69, 9.17) is 24.2 Å². The van der Waals surface area contributed by atoms with Crippen LogP contribution in [0.2, 0.25) is 0 Å². The lowest BCUT2D eigenvalue weighted by molar-refractivity contribution is -0.191. The van der Waals surface area contributed by atoms with Crippen LogP contribution >= 0.6 is 12.4 Å². The molecule has 2 atom stereocenters. The number of ketones is 1. The van der Waals surface area contributed by atoms with Crippen molar-refractivity contribution in [2.75, 3.05) is 26.2 Å². The molecule has 8 heterocycles. The molecular formula is C37H48ClN3O5. The molecule has 2 aromatic heterocycles. The maximum atomic E-state index is 12.8. The Hall–Kier alpha value is -3.26. The first-order chi connectivity index (χ1) is 21.6. The van der Waals surface area contributed by atoms with E-state index < -0.39 is 0 Å². The van der Waals surface area contributed by atoms with Crippen molar-refractivity contribution in [1.82, 2.24) is 9.80 Å². The average molecular weight is 650 g/mol. The minimum Gasteiger partial charge on any atom is -0.464 e. The van der Waals surface area contributed by atoms with Crippen LogP contribution in [0.5, 0.6) is 0 Å². The number of nitrogens with two attached hydrogens (primary N) is 1. The number of carbonyl (C=O) groups excluding carboxylic acids is 3. The van der Waals surface area contributed by atoms with E-state index in [1.54, 1.807) is 12.5 Å². The zero-order valence-corrected chi connectivity index (χ0v) is 28.3. The molecule has 0 spiro atoms. The molecular weight excluding hydrogens is 602 g/mol. The van der Waals surface area contributed by atoms with Gasteiger partial charge in [-0.05, 0) is 134 Å². The lowest BCUT2D eigenvalue weighted by atomic mass is 9.65. The predicted octanol–water partition coefficient (Wildman–Crippen LogP) is 7.22. The molecule has 0 aliphatic carbocycles. The number of fused-ring (bicyclic) bond motifs is 8. The van der Waals surface area contributed by atoms with Gasteiger partial charge in [-0.25, -0.2) is 0 Å². The van der Waals surface area contributed by atoms with Crippen molar-refractivity contribution in [2.24, 2.45) is 23.5 Å². The summed E-state index contributed by atoms with van der Waals surface area (Å²) >= 11 is 0. The van der Waals surface area contributed by atoms with Gasteiger partial charge in [0.1, 0.15) is 11.2 Å². The highest BCUT2D eigenvalue weighted by molar-refractivity contribution is 5.99. The monoisotopic (exact) mass is 649 g/mol. The van der Waals surface area contributed by atoms with Gasteiger partial charge in [0.25, 0.3) is 0 Å². The number of para-hydroxylation sites is 1. The van der Waals surface area contributed by atoms with Gasteiger partial charge in [-0.1, -0.05) is 18.2 Å². The zero-order chi connectivity index (χ0) is 32.2. The Morgan fingerprint density at radius 2 is 1.30 bits per heavy atom. The molecule has 6 aliphatic rings. The van der Waals surface area contributed by atoms with E-state index in [0.29, 0.717) is 24.3 Å². The number of hydrogen-bond donors (Lipinski definition) is 1. The summed E-state index contributed by atoms with van der Waals surface area (Å²) in [6.07, 6.45) is 9.44. The fraction of sp³-hybridized carbons (Fsp3) is 0.514. The number of nitrogens with zero attached hydrogens (tertiary/aromatic N) is 2. The molecule has 46 heavy (non-hydrogen) atoms. The highest BCUT2D eigenvalue weighted by Crippen LogP contribution is 2.45. The highest BCUT2D eigenvalue weighted by Gasteiger charge is 2.48. The molecule has 6 fully saturated rings. The third-order valence-corrected chi connectivity index (χ3v) is 11.1. The summed E-state index contributed by atoms with van der Waals surface area (Å²) in [6.45, 7) is 14.1. The van der Waals surface area contributed by atoms with Gasteiger partial charge in [0.2, 0.25) is 0 Å². The molecule has 8 nitrogen and oxygen atoms in total. The molecule has 0 saturated carbocycles. The van der Waals surface area contributed by atoms with Crippen LogP contribution in [-0.4, -0.2) is 65.0 Å². The standard InChI is InChI=1S/C19H23NO2.C9H18N2.C8H6O.CO2.ClH/c1-19(2)16(13-5-8-20(19)9-6-13)12-17(21)14-3-4-18-15(11-14)7-10-22-18;1-9(2)8(10)7-3-5-11(9)6-4-7;1-2-4-8-7(3-1)5-6-9-8;2-1-3;/h3-4,7,10-11,13,16H,5-6,8-9,12H2,1-2H3;7-8H,3-6,10H2,1-2H3;1-6H;;1H/t16-;8-;;;/m11.../s1. The molecule has 0 unspecified atom stereocenters. The number of Topliss-reactive ketones (excluding diaryl/α,β-unsaturated/α-hetero) is 1. The second-order valence-electron chi connectivity index (χ2n) is 13.9. The van der Waals surface area contributed by atoms with Crippen LogP contribution in [0.3, 0.4) is 0 Å². The summed E-state index contributed by atoms with van der Waals surface area (Å²) in [4.78, 5) is 34.2. The van der Waals surface area contributed by atoms with E-state index in [-0.39, 0.29) is 35.4 Å². The Labute approximate surface area is 278 Å². The topological polar surface area (TPSA) is 110 Å². The Morgan fingerprint density at radius 1 is 0.783 bits per heavy atom. The molecule has 4 aromatic rings. The van der Waals surface area contributed by atoms with Gasteiger partial charge in [0, 0.05) is 39.9 Å². The maximum Gasteiger partial charge on any atom is 0.373 e. The molecule has 2 N–H and O–H groups in total. The molecule has 6 saturated heterocycles. The second-order valence-corrected chi connectivity index (χ2v) is 13.9. The van der Waals surface area contributed by atoms with Crippen LogP contribution in [0.1, 0.15) is 70.2 Å². The predicted molar refractivity (Wildman–Crippen MR) is 182 cm³/mol. The summed E-state index contributed by atoms with van der Waals surface area (Å²) in [5.74, 6) is 2.26. The van der Waals surface area contributed by atoms with E-state index in [1.165, 1.54) is 51.9 Å². The average Bonchev–Trinajstić information content (AvgIpc) is 3.72. The third-order valence-electron chi connectivity index (χ3n) is 11.1. The summed E-state index contributed by atoms with van der Waals surface area (Å²) in [7, 11) is 0. The molecule has 248 valence electrons. The summed E-state index contributed by atoms with van der Waals surface area (Å²) in [5, 5.41) is 2.18. The fourth-order valence-electron chi connectivity index (χ4n) is 8.09. The number of piperidine rings is 6. The van der Waals surface area contributed by atoms with Crippen molar-refractivity contribution in [3.05, 3.63) is 72.7 Å². The van der Waals surface area contributed by atoms with Gasteiger partial charge in [0.15, 0.2) is 5.78 Å². The Morgan fingerprint density at radius 3 is 1.83 bits per heavy atom. The van der Waals surface area contributed by atoms with Gasteiger partial charge in [-0.2, -0.15) is 9.59 Å². The van der Waals surface area contributed by atoms with Crippen molar-refractivity contribution in [3.63, 3.8) is 0 Å². The molecule has 0 amide bonds. The fourth-order valence-corrected chi connectivity index (χ4v) is 8.09. The minimum absolute atomic E-state index is 0. The number of rotatable bonds is 3. The van der Waals surface area contributed by atoms with Gasteiger partial charge in [-0.15, -0.1) is 12.4 Å². The molecule has 6 aliphatic heterocycles. The van der Waals surface area contributed by atoms with Gasteiger partial charge >= 0.3 is 6.15 Å². The highest BCUT2D eigenvalue weighted by atomic mass is 35.5. The van der Waals surface area contributed by atoms with E-state index in [2.05, 4.69) is 37.5 Å². The lowest BCUT2D eigenvalue weighted by Crippen LogP contribution is -2.67. The van der Waals surface area contributed by atoms with E-state index in [1.807, 2.05) is 54.6 Å². The minimum atomic E-state index is 0. The molecule has 2 aromatic carbocycles. The first kappa shape index (κ1) is 35.6. The Balaban J connectivity index is 0.000000167. The van der Waals surface area contributed by atoms with Crippen molar-refractivity contribution < 1.29 is 23.2 Å². The van der Waals surface area contributed by atoms with Gasteiger partial charge in [-0.3, -0.25) is 14.6 Å². The summed E-state index contributed by atoms with van der Waals surface area (Å²) in [5.41, 5.74) is 9.19.